The summed E-state index contributed by atoms with van der Waals surface area (Å²) in [6.45, 7) is 3.24. The maximum absolute atomic E-state index is 11.8. The van der Waals surface area contributed by atoms with Crippen LogP contribution in [-0.4, -0.2) is 22.9 Å². The Balaban J connectivity index is 2.55. The molecular weight excluding hydrogens is 248 g/mol. The summed E-state index contributed by atoms with van der Waals surface area (Å²) in [6.07, 6.45) is 0.636. The van der Waals surface area contributed by atoms with E-state index < -0.39 is 12.1 Å². The van der Waals surface area contributed by atoms with Crippen LogP contribution in [0, 0.1) is 0 Å². The molecule has 1 aromatic carbocycles. The molecular formula is C14H18O3S. The molecule has 0 bridgehead atoms. The van der Waals surface area contributed by atoms with E-state index in [4.69, 9.17) is 4.74 Å². The molecule has 0 fully saturated rings. The number of benzene rings is 1. The Labute approximate surface area is 112 Å². The number of hydrogen-bond donors (Lipinski definition) is 0. The molecule has 0 aliphatic heterocycles. The topological polar surface area (TPSA) is 43.4 Å². The van der Waals surface area contributed by atoms with Gasteiger partial charge in [-0.3, -0.25) is 9.59 Å². The SMILES string of the molecule is CCSC(=O)[C@H](CCc1ccccc1)OC(C)=O. The highest BCUT2D eigenvalue weighted by atomic mass is 32.2. The minimum absolute atomic E-state index is 0.0661. The van der Waals surface area contributed by atoms with Gasteiger partial charge in [-0.05, 0) is 24.2 Å². The molecule has 0 spiro atoms. The van der Waals surface area contributed by atoms with Crippen LogP contribution >= 0.6 is 11.8 Å². The van der Waals surface area contributed by atoms with Crippen LogP contribution in [0.15, 0.2) is 30.3 Å². The molecule has 0 aliphatic rings. The summed E-state index contributed by atoms with van der Waals surface area (Å²) in [5, 5.41) is -0.0661. The third-order valence-corrected chi connectivity index (χ3v) is 3.23. The quantitative estimate of drug-likeness (QED) is 0.743. The van der Waals surface area contributed by atoms with Crippen molar-refractivity contribution in [1.29, 1.82) is 0 Å². The van der Waals surface area contributed by atoms with Gasteiger partial charge in [-0.1, -0.05) is 49.0 Å². The van der Waals surface area contributed by atoms with Crippen LogP contribution in [-0.2, 0) is 20.7 Å². The van der Waals surface area contributed by atoms with Gasteiger partial charge in [-0.25, -0.2) is 0 Å². The van der Waals surface area contributed by atoms with Crippen molar-refractivity contribution in [2.45, 2.75) is 32.8 Å². The molecule has 18 heavy (non-hydrogen) atoms. The Bertz CT molecular complexity index is 389. The molecule has 0 N–H and O–H groups in total. The molecule has 1 atom stereocenters. The Morgan fingerprint density at radius 2 is 1.94 bits per heavy atom. The Morgan fingerprint density at radius 1 is 1.28 bits per heavy atom. The van der Waals surface area contributed by atoms with Gasteiger partial charge in [0, 0.05) is 6.92 Å². The molecule has 0 unspecified atom stereocenters. The third kappa shape index (κ3) is 5.36. The summed E-state index contributed by atoms with van der Waals surface area (Å²) < 4.78 is 5.08. The number of carbonyl (C=O) groups is 2. The molecule has 3 nitrogen and oxygen atoms in total. The predicted octanol–water partition coefficient (Wildman–Crippen LogP) is 2.83. The number of esters is 1. The maximum Gasteiger partial charge on any atom is 0.303 e. The van der Waals surface area contributed by atoms with Gasteiger partial charge >= 0.3 is 5.97 Å². The van der Waals surface area contributed by atoms with Crippen LogP contribution < -0.4 is 0 Å². The van der Waals surface area contributed by atoms with Crippen molar-refractivity contribution in [1.82, 2.24) is 0 Å². The number of aryl methyl sites for hydroxylation is 1. The first-order chi connectivity index (χ1) is 8.63. The van der Waals surface area contributed by atoms with Crippen molar-refractivity contribution >= 4 is 22.8 Å². The average molecular weight is 266 g/mol. The van der Waals surface area contributed by atoms with Crippen molar-refractivity contribution in [3.8, 4) is 0 Å². The van der Waals surface area contributed by atoms with Crippen LogP contribution in [0.2, 0.25) is 0 Å². The molecule has 0 heterocycles. The van der Waals surface area contributed by atoms with Crippen LogP contribution in [0.1, 0.15) is 25.8 Å². The zero-order valence-corrected chi connectivity index (χ0v) is 11.5. The molecule has 0 amide bonds. The van der Waals surface area contributed by atoms with Crippen molar-refractivity contribution in [3.05, 3.63) is 35.9 Å². The first kappa shape index (κ1) is 14.8. The Morgan fingerprint density at radius 3 is 2.50 bits per heavy atom. The maximum atomic E-state index is 11.8. The summed E-state index contributed by atoms with van der Waals surface area (Å²) in [6, 6.07) is 9.87. The molecule has 4 heteroatoms. The highest BCUT2D eigenvalue weighted by Crippen LogP contribution is 2.14. The monoisotopic (exact) mass is 266 g/mol. The van der Waals surface area contributed by atoms with Gasteiger partial charge in [0.2, 0.25) is 5.12 Å². The summed E-state index contributed by atoms with van der Waals surface area (Å²) in [7, 11) is 0. The fourth-order valence-electron chi connectivity index (χ4n) is 1.60. The highest BCUT2D eigenvalue weighted by Gasteiger charge is 2.21. The lowest BCUT2D eigenvalue weighted by Crippen LogP contribution is -2.25. The average Bonchev–Trinajstić information content (AvgIpc) is 2.35. The molecule has 1 aromatic rings. The standard InChI is InChI=1S/C14H18O3S/c1-3-18-14(16)13(17-11(2)15)10-9-12-7-5-4-6-8-12/h4-8,13H,3,9-10H2,1-2H3/t13-/m0/s1. The molecule has 0 saturated heterocycles. The smallest absolute Gasteiger partial charge is 0.303 e. The normalized spacial score (nSPS) is 11.9. The lowest BCUT2D eigenvalue weighted by atomic mass is 10.1. The molecule has 0 aliphatic carbocycles. The largest absolute Gasteiger partial charge is 0.454 e. The van der Waals surface area contributed by atoms with Crippen molar-refractivity contribution < 1.29 is 14.3 Å². The summed E-state index contributed by atoms with van der Waals surface area (Å²) in [5.74, 6) is 0.292. The van der Waals surface area contributed by atoms with Gasteiger partial charge in [-0.15, -0.1) is 0 Å². The van der Waals surface area contributed by atoms with Crippen LogP contribution in [0.25, 0.3) is 0 Å². The minimum Gasteiger partial charge on any atom is -0.454 e. The number of hydrogen-bond acceptors (Lipinski definition) is 4. The number of rotatable bonds is 6. The molecule has 0 aromatic heterocycles. The third-order valence-electron chi connectivity index (χ3n) is 2.40. The van der Waals surface area contributed by atoms with Gasteiger partial charge in [0.05, 0.1) is 0 Å². The fourth-order valence-corrected chi connectivity index (χ4v) is 2.24. The minimum atomic E-state index is -0.632. The molecule has 0 saturated carbocycles. The highest BCUT2D eigenvalue weighted by molar-refractivity contribution is 8.13. The lowest BCUT2D eigenvalue weighted by molar-refractivity contribution is -0.150. The van der Waals surface area contributed by atoms with Gasteiger partial charge in [0.15, 0.2) is 6.10 Å². The van der Waals surface area contributed by atoms with Crippen LogP contribution in [0.4, 0.5) is 0 Å². The van der Waals surface area contributed by atoms with E-state index in [1.165, 1.54) is 18.7 Å². The van der Waals surface area contributed by atoms with Crippen molar-refractivity contribution in [3.63, 3.8) is 0 Å². The Kier molecular flexibility index (Phi) is 6.50. The molecule has 0 radical (unpaired) electrons. The Hall–Kier alpha value is -1.29. The van der Waals surface area contributed by atoms with Crippen LogP contribution in [0.3, 0.4) is 0 Å². The van der Waals surface area contributed by atoms with Crippen molar-refractivity contribution in [2.75, 3.05) is 5.75 Å². The van der Waals surface area contributed by atoms with E-state index in [1.54, 1.807) is 0 Å². The predicted molar refractivity (Wildman–Crippen MR) is 73.5 cm³/mol. The van der Waals surface area contributed by atoms with E-state index >= 15 is 0 Å². The second-order valence-electron chi connectivity index (χ2n) is 3.87. The van der Waals surface area contributed by atoms with Gasteiger partial charge in [0.25, 0.3) is 0 Å². The number of ether oxygens (including phenoxy) is 1. The lowest BCUT2D eigenvalue weighted by Gasteiger charge is -2.15. The summed E-state index contributed by atoms with van der Waals surface area (Å²) >= 11 is 1.20. The summed E-state index contributed by atoms with van der Waals surface area (Å²) in [4.78, 5) is 22.8. The molecule has 98 valence electrons. The zero-order chi connectivity index (χ0) is 13.4. The second kappa shape index (κ2) is 7.93. The van der Waals surface area contributed by atoms with E-state index in [0.717, 1.165) is 12.0 Å². The van der Waals surface area contributed by atoms with Gasteiger partial charge < -0.3 is 4.74 Å². The zero-order valence-electron chi connectivity index (χ0n) is 10.7. The van der Waals surface area contributed by atoms with E-state index in [9.17, 15) is 9.59 Å². The van der Waals surface area contributed by atoms with E-state index in [2.05, 4.69) is 0 Å². The fraction of sp³-hybridized carbons (Fsp3) is 0.429. The van der Waals surface area contributed by atoms with E-state index in [0.29, 0.717) is 12.2 Å². The van der Waals surface area contributed by atoms with Crippen LogP contribution in [0.5, 0.6) is 0 Å². The van der Waals surface area contributed by atoms with Gasteiger partial charge in [-0.2, -0.15) is 0 Å². The van der Waals surface area contributed by atoms with Crippen molar-refractivity contribution in [2.24, 2.45) is 0 Å². The van der Waals surface area contributed by atoms with E-state index in [1.807, 2.05) is 37.3 Å². The second-order valence-corrected chi connectivity index (χ2v) is 5.14. The number of thioether (sulfide) groups is 1. The van der Waals surface area contributed by atoms with E-state index in [-0.39, 0.29) is 5.12 Å². The number of carbonyl (C=O) groups excluding carboxylic acids is 2. The van der Waals surface area contributed by atoms with Gasteiger partial charge in [0.1, 0.15) is 0 Å². The summed E-state index contributed by atoms with van der Waals surface area (Å²) in [5.41, 5.74) is 1.14. The molecule has 1 rings (SSSR count). The first-order valence-corrected chi connectivity index (χ1v) is 6.99. The first-order valence-electron chi connectivity index (χ1n) is 6.01.